The lowest BCUT2D eigenvalue weighted by Crippen LogP contribution is -2.36. The van der Waals surface area contributed by atoms with E-state index >= 15 is 0 Å². The Balaban J connectivity index is 2.78. The third-order valence-electron chi connectivity index (χ3n) is 3.74. The van der Waals surface area contributed by atoms with Crippen LogP contribution in [-0.2, 0) is 9.59 Å². The second kappa shape index (κ2) is 8.98. The first-order chi connectivity index (χ1) is 10.9. The lowest BCUT2D eigenvalue weighted by atomic mass is 10.1. The van der Waals surface area contributed by atoms with E-state index in [1.54, 1.807) is 6.08 Å². The van der Waals surface area contributed by atoms with Gasteiger partial charge >= 0.3 is 0 Å². The topological polar surface area (TPSA) is 52.7 Å². The van der Waals surface area contributed by atoms with Crippen molar-refractivity contribution in [3.8, 4) is 0 Å². The molecule has 0 atom stereocenters. The van der Waals surface area contributed by atoms with Gasteiger partial charge in [0.1, 0.15) is 6.54 Å². The standard InChI is InChI=1S/C18H27N3O2/c1-6-11-21(15(5)22)13-18(23)19-17-10-9-16(12-14(17)4)20(7-2)8-3/h6,9-10,12H,1,7-8,11,13H2,2-5H3,(H,19,23). The molecular weight excluding hydrogens is 290 g/mol. The average molecular weight is 317 g/mol. The molecule has 0 radical (unpaired) electrons. The highest BCUT2D eigenvalue weighted by Crippen LogP contribution is 2.22. The number of carbonyl (C=O) groups excluding carboxylic acids is 2. The van der Waals surface area contributed by atoms with Gasteiger partial charge in [0.05, 0.1) is 0 Å². The van der Waals surface area contributed by atoms with Gasteiger partial charge in [-0.3, -0.25) is 9.59 Å². The zero-order valence-corrected chi connectivity index (χ0v) is 14.6. The van der Waals surface area contributed by atoms with Crippen molar-refractivity contribution in [2.75, 3.05) is 36.4 Å². The summed E-state index contributed by atoms with van der Waals surface area (Å²) in [5.74, 6) is -0.352. The van der Waals surface area contributed by atoms with E-state index < -0.39 is 0 Å². The van der Waals surface area contributed by atoms with Crippen LogP contribution in [0.25, 0.3) is 0 Å². The highest BCUT2D eigenvalue weighted by atomic mass is 16.2. The fourth-order valence-electron chi connectivity index (χ4n) is 2.40. The fraction of sp³-hybridized carbons (Fsp3) is 0.444. The Morgan fingerprint density at radius 2 is 1.91 bits per heavy atom. The van der Waals surface area contributed by atoms with Gasteiger partial charge in [0.15, 0.2) is 0 Å². The molecular formula is C18H27N3O2. The number of hydrogen-bond donors (Lipinski definition) is 1. The number of aryl methyl sites for hydroxylation is 1. The largest absolute Gasteiger partial charge is 0.372 e. The van der Waals surface area contributed by atoms with Crippen LogP contribution in [0.4, 0.5) is 11.4 Å². The summed E-state index contributed by atoms with van der Waals surface area (Å²) in [5, 5.41) is 2.87. The van der Waals surface area contributed by atoms with Crippen LogP contribution in [-0.4, -0.2) is 42.9 Å². The SMILES string of the molecule is C=CCN(CC(=O)Nc1ccc(N(CC)CC)cc1C)C(C)=O. The average Bonchev–Trinajstić information content (AvgIpc) is 2.50. The summed E-state index contributed by atoms with van der Waals surface area (Å²) in [6.45, 7) is 13.5. The predicted octanol–water partition coefficient (Wildman–Crippen LogP) is 2.81. The molecule has 0 unspecified atom stereocenters. The second-order valence-electron chi connectivity index (χ2n) is 5.41. The number of hydrogen-bond acceptors (Lipinski definition) is 3. The Bertz CT molecular complexity index is 565. The number of benzene rings is 1. The summed E-state index contributed by atoms with van der Waals surface area (Å²) in [4.78, 5) is 27.3. The van der Waals surface area contributed by atoms with E-state index in [0.29, 0.717) is 6.54 Å². The van der Waals surface area contributed by atoms with Gasteiger partial charge in [-0.15, -0.1) is 6.58 Å². The van der Waals surface area contributed by atoms with Crippen molar-refractivity contribution >= 4 is 23.2 Å². The maximum atomic E-state index is 12.1. The molecule has 0 aliphatic heterocycles. The number of carbonyl (C=O) groups is 2. The highest BCUT2D eigenvalue weighted by molar-refractivity contribution is 5.95. The molecule has 0 saturated carbocycles. The second-order valence-corrected chi connectivity index (χ2v) is 5.41. The number of rotatable bonds is 8. The lowest BCUT2D eigenvalue weighted by Gasteiger charge is -2.23. The third kappa shape index (κ3) is 5.43. The Kier molecular flexibility index (Phi) is 7.32. The Hall–Kier alpha value is -2.30. The highest BCUT2D eigenvalue weighted by Gasteiger charge is 2.13. The Labute approximate surface area is 139 Å². The van der Waals surface area contributed by atoms with Crippen LogP contribution < -0.4 is 10.2 Å². The molecule has 0 fully saturated rings. The molecule has 5 heteroatoms. The van der Waals surface area contributed by atoms with Crippen LogP contribution in [0.1, 0.15) is 26.3 Å². The molecule has 5 nitrogen and oxygen atoms in total. The fourth-order valence-corrected chi connectivity index (χ4v) is 2.40. The van der Waals surface area contributed by atoms with Gasteiger partial charge in [0, 0.05) is 37.9 Å². The van der Waals surface area contributed by atoms with Crippen molar-refractivity contribution in [2.24, 2.45) is 0 Å². The van der Waals surface area contributed by atoms with Gasteiger partial charge < -0.3 is 15.1 Å². The maximum absolute atomic E-state index is 12.1. The smallest absolute Gasteiger partial charge is 0.244 e. The van der Waals surface area contributed by atoms with Crippen molar-refractivity contribution in [1.82, 2.24) is 4.90 Å². The summed E-state index contributed by atoms with van der Waals surface area (Å²) in [6, 6.07) is 5.98. The van der Waals surface area contributed by atoms with Crippen molar-refractivity contribution in [3.05, 3.63) is 36.4 Å². The van der Waals surface area contributed by atoms with Crippen molar-refractivity contribution in [1.29, 1.82) is 0 Å². The molecule has 23 heavy (non-hydrogen) atoms. The number of nitrogens with zero attached hydrogens (tertiary/aromatic N) is 2. The summed E-state index contributed by atoms with van der Waals surface area (Å²) < 4.78 is 0. The molecule has 2 amide bonds. The zero-order valence-electron chi connectivity index (χ0n) is 14.6. The van der Waals surface area contributed by atoms with E-state index in [-0.39, 0.29) is 18.4 Å². The molecule has 0 spiro atoms. The Morgan fingerprint density at radius 3 is 2.39 bits per heavy atom. The van der Waals surface area contributed by atoms with Gasteiger partial charge in [-0.25, -0.2) is 0 Å². The van der Waals surface area contributed by atoms with E-state index in [2.05, 4.69) is 36.7 Å². The summed E-state index contributed by atoms with van der Waals surface area (Å²) >= 11 is 0. The zero-order chi connectivity index (χ0) is 17.4. The van der Waals surface area contributed by atoms with Gasteiger partial charge in [0.2, 0.25) is 11.8 Å². The van der Waals surface area contributed by atoms with E-state index in [1.807, 2.05) is 19.1 Å². The minimum Gasteiger partial charge on any atom is -0.372 e. The van der Waals surface area contributed by atoms with Crippen molar-refractivity contribution in [3.63, 3.8) is 0 Å². The molecule has 126 valence electrons. The molecule has 0 aliphatic carbocycles. The van der Waals surface area contributed by atoms with Crippen LogP contribution in [0.2, 0.25) is 0 Å². The monoisotopic (exact) mass is 317 g/mol. The third-order valence-corrected chi connectivity index (χ3v) is 3.74. The molecule has 1 aromatic rings. The summed E-state index contributed by atoms with van der Waals surface area (Å²) in [7, 11) is 0. The van der Waals surface area contributed by atoms with Crippen LogP contribution >= 0.6 is 0 Å². The van der Waals surface area contributed by atoms with Gasteiger partial charge in [-0.2, -0.15) is 0 Å². The lowest BCUT2D eigenvalue weighted by molar-refractivity contribution is -0.132. The first-order valence-electron chi connectivity index (χ1n) is 7.94. The molecule has 0 heterocycles. The van der Waals surface area contributed by atoms with Gasteiger partial charge in [-0.1, -0.05) is 6.08 Å². The van der Waals surface area contributed by atoms with Gasteiger partial charge in [0.25, 0.3) is 0 Å². The number of nitrogens with one attached hydrogen (secondary N) is 1. The molecule has 0 aromatic heterocycles. The van der Waals surface area contributed by atoms with Gasteiger partial charge in [-0.05, 0) is 44.5 Å². The molecule has 1 N–H and O–H groups in total. The van der Waals surface area contributed by atoms with Crippen molar-refractivity contribution < 1.29 is 9.59 Å². The molecule has 0 saturated heterocycles. The van der Waals surface area contributed by atoms with E-state index in [0.717, 1.165) is 30.0 Å². The van der Waals surface area contributed by atoms with Crippen LogP contribution in [0.15, 0.2) is 30.9 Å². The minimum atomic E-state index is -0.208. The number of amides is 2. The minimum absolute atomic E-state index is 0.0264. The molecule has 0 bridgehead atoms. The molecule has 1 aromatic carbocycles. The first-order valence-corrected chi connectivity index (χ1v) is 7.94. The summed E-state index contributed by atoms with van der Waals surface area (Å²) in [5.41, 5.74) is 2.91. The first kappa shape index (κ1) is 18.7. The van der Waals surface area contributed by atoms with Crippen LogP contribution in [0.5, 0.6) is 0 Å². The van der Waals surface area contributed by atoms with Crippen molar-refractivity contribution in [2.45, 2.75) is 27.7 Å². The Morgan fingerprint density at radius 1 is 1.26 bits per heavy atom. The summed E-state index contributed by atoms with van der Waals surface area (Å²) in [6.07, 6.45) is 1.61. The quantitative estimate of drug-likeness (QED) is 0.750. The molecule has 1 rings (SSSR count). The van der Waals surface area contributed by atoms with Crippen LogP contribution in [0.3, 0.4) is 0 Å². The van der Waals surface area contributed by atoms with Crippen LogP contribution in [0, 0.1) is 6.92 Å². The van der Waals surface area contributed by atoms with E-state index in [9.17, 15) is 9.59 Å². The predicted molar refractivity (Wildman–Crippen MR) is 95.8 cm³/mol. The molecule has 0 aliphatic rings. The van der Waals surface area contributed by atoms with E-state index in [4.69, 9.17) is 0 Å². The maximum Gasteiger partial charge on any atom is 0.244 e. The normalized spacial score (nSPS) is 10.1. The number of anilines is 2. The van der Waals surface area contributed by atoms with E-state index in [1.165, 1.54) is 11.8 Å².